The highest BCUT2D eigenvalue weighted by Crippen LogP contribution is 2.27. The number of anilines is 2. The van der Waals surface area contributed by atoms with Gasteiger partial charge in [-0.25, -0.2) is 4.98 Å². The van der Waals surface area contributed by atoms with Crippen LogP contribution in [0.3, 0.4) is 0 Å². The lowest BCUT2D eigenvalue weighted by Gasteiger charge is -2.29. The number of nitrogens with zero attached hydrogens (tertiary/aromatic N) is 3. The maximum Gasteiger partial charge on any atom is 0.573 e. The van der Waals surface area contributed by atoms with E-state index in [9.17, 15) is 18.0 Å². The first-order valence-corrected chi connectivity index (χ1v) is 10.6. The number of halogens is 3. The molecule has 1 aromatic carbocycles. The van der Waals surface area contributed by atoms with Gasteiger partial charge in [0, 0.05) is 38.4 Å². The molecule has 0 saturated heterocycles. The van der Waals surface area contributed by atoms with E-state index in [1.807, 2.05) is 25.1 Å². The van der Waals surface area contributed by atoms with E-state index in [4.69, 9.17) is 0 Å². The van der Waals surface area contributed by atoms with Crippen molar-refractivity contribution in [3.63, 3.8) is 0 Å². The lowest BCUT2D eigenvalue weighted by molar-refractivity contribution is -0.274. The summed E-state index contributed by atoms with van der Waals surface area (Å²) in [5.41, 5.74) is 0.204. The third-order valence-corrected chi connectivity index (χ3v) is 5.42. The molecule has 2 aromatic rings. The van der Waals surface area contributed by atoms with E-state index >= 15 is 0 Å². The second-order valence-electron chi connectivity index (χ2n) is 8.13. The summed E-state index contributed by atoms with van der Waals surface area (Å²) in [7, 11) is 3.85. The molecule has 3 rings (SSSR count). The third-order valence-electron chi connectivity index (χ3n) is 5.42. The number of benzene rings is 1. The zero-order valence-electron chi connectivity index (χ0n) is 18.2. The quantitative estimate of drug-likeness (QED) is 0.636. The number of hydrogen-bond acceptors (Lipinski definition) is 6. The molecule has 1 aliphatic rings. The molecule has 2 N–H and O–H groups in total. The number of para-hydroxylation sites is 1. The minimum absolute atomic E-state index is 0.164. The van der Waals surface area contributed by atoms with Crippen molar-refractivity contribution in [2.75, 3.05) is 30.9 Å². The molecule has 1 saturated carbocycles. The number of aromatic nitrogens is 2. The summed E-state index contributed by atoms with van der Waals surface area (Å²) in [6.45, 7) is 0.500. The smallest absolute Gasteiger partial charge is 0.405 e. The van der Waals surface area contributed by atoms with Gasteiger partial charge < -0.3 is 20.3 Å². The molecule has 1 aliphatic carbocycles. The third kappa shape index (κ3) is 7.28. The maximum absolute atomic E-state index is 12.5. The van der Waals surface area contributed by atoms with Gasteiger partial charge in [-0.2, -0.15) is 4.98 Å². The van der Waals surface area contributed by atoms with Crippen LogP contribution in [-0.2, 0) is 11.2 Å². The predicted octanol–water partition coefficient (Wildman–Crippen LogP) is 3.77. The van der Waals surface area contributed by atoms with Crippen molar-refractivity contribution in [3.05, 3.63) is 42.1 Å². The average molecular weight is 451 g/mol. The Morgan fingerprint density at radius 3 is 2.56 bits per heavy atom. The Morgan fingerprint density at radius 1 is 1.16 bits per heavy atom. The van der Waals surface area contributed by atoms with E-state index in [0.29, 0.717) is 18.4 Å². The first-order valence-electron chi connectivity index (χ1n) is 10.6. The van der Waals surface area contributed by atoms with Gasteiger partial charge in [0.05, 0.1) is 6.42 Å². The van der Waals surface area contributed by atoms with Crippen molar-refractivity contribution < 1.29 is 22.7 Å². The molecule has 1 amide bonds. The van der Waals surface area contributed by atoms with Crippen LogP contribution in [0.5, 0.6) is 5.75 Å². The molecule has 0 radical (unpaired) electrons. The SMILES string of the molecule is CN(C)c1ccnc(NC2CCC(CNC(=O)Cc3ccccc3OC(F)(F)F)CC2)n1. The molecule has 0 aliphatic heterocycles. The Morgan fingerprint density at radius 2 is 1.88 bits per heavy atom. The first-order chi connectivity index (χ1) is 15.2. The summed E-state index contributed by atoms with van der Waals surface area (Å²) >= 11 is 0. The highest BCUT2D eigenvalue weighted by atomic mass is 19.4. The van der Waals surface area contributed by atoms with Gasteiger partial charge in [0.15, 0.2) is 0 Å². The van der Waals surface area contributed by atoms with Crippen molar-refractivity contribution >= 4 is 17.7 Å². The lowest BCUT2D eigenvalue weighted by atomic mass is 9.86. The molecular formula is C22H28F3N5O2. The number of ether oxygens (including phenoxy) is 1. The average Bonchev–Trinajstić information content (AvgIpc) is 2.74. The van der Waals surface area contributed by atoms with E-state index in [0.717, 1.165) is 31.5 Å². The van der Waals surface area contributed by atoms with Gasteiger partial charge in [-0.05, 0) is 43.7 Å². The fraction of sp³-hybridized carbons (Fsp3) is 0.500. The van der Waals surface area contributed by atoms with Gasteiger partial charge in [0.25, 0.3) is 0 Å². The van der Waals surface area contributed by atoms with Crippen LogP contribution >= 0.6 is 0 Å². The largest absolute Gasteiger partial charge is 0.573 e. The molecule has 0 spiro atoms. The molecular weight excluding hydrogens is 423 g/mol. The highest BCUT2D eigenvalue weighted by Gasteiger charge is 2.32. The van der Waals surface area contributed by atoms with E-state index in [1.165, 1.54) is 18.2 Å². The van der Waals surface area contributed by atoms with Gasteiger partial charge in [-0.3, -0.25) is 4.79 Å². The highest BCUT2D eigenvalue weighted by molar-refractivity contribution is 5.79. The maximum atomic E-state index is 12.5. The molecule has 7 nitrogen and oxygen atoms in total. The summed E-state index contributed by atoms with van der Waals surface area (Å²) in [6, 6.07) is 7.81. The lowest BCUT2D eigenvalue weighted by Crippen LogP contribution is -2.35. The number of nitrogens with one attached hydrogen (secondary N) is 2. The van der Waals surface area contributed by atoms with Crippen molar-refractivity contribution in [1.29, 1.82) is 0 Å². The summed E-state index contributed by atoms with van der Waals surface area (Å²) in [5, 5.41) is 6.23. The Bertz CT molecular complexity index is 899. The molecule has 0 unspecified atom stereocenters. The zero-order valence-corrected chi connectivity index (χ0v) is 18.2. The topological polar surface area (TPSA) is 79.4 Å². The van der Waals surface area contributed by atoms with Crippen molar-refractivity contribution in [2.24, 2.45) is 5.92 Å². The number of carbonyl (C=O) groups is 1. The molecule has 10 heteroatoms. The normalized spacial score (nSPS) is 18.7. The van der Waals surface area contributed by atoms with Crippen molar-refractivity contribution in [3.8, 4) is 5.75 Å². The van der Waals surface area contributed by atoms with Crippen LogP contribution in [0.4, 0.5) is 24.9 Å². The number of hydrogen-bond donors (Lipinski definition) is 2. The van der Waals surface area contributed by atoms with Crippen LogP contribution in [0.2, 0.25) is 0 Å². The Labute approximate surface area is 185 Å². The van der Waals surface area contributed by atoms with Crippen LogP contribution in [0.1, 0.15) is 31.2 Å². The molecule has 32 heavy (non-hydrogen) atoms. The van der Waals surface area contributed by atoms with Gasteiger partial charge >= 0.3 is 6.36 Å². The van der Waals surface area contributed by atoms with Gasteiger partial charge in [-0.1, -0.05) is 18.2 Å². The summed E-state index contributed by atoms with van der Waals surface area (Å²) in [4.78, 5) is 23.0. The van der Waals surface area contributed by atoms with E-state index < -0.39 is 6.36 Å². The van der Waals surface area contributed by atoms with Crippen LogP contribution < -0.4 is 20.3 Å². The molecule has 1 fully saturated rings. The van der Waals surface area contributed by atoms with Crippen molar-refractivity contribution in [1.82, 2.24) is 15.3 Å². The Balaban J connectivity index is 1.43. The number of amides is 1. The Hall–Kier alpha value is -3.04. The van der Waals surface area contributed by atoms with Crippen molar-refractivity contribution in [2.45, 2.75) is 44.5 Å². The van der Waals surface area contributed by atoms with Crippen LogP contribution in [-0.4, -0.2) is 48.9 Å². The van der Waals surface area contributed by atoms with Crippen LogP contribution in [0.25, 0.3) is 0 Å². The fourth-order valence-corrected chi connectivity index (χ4v) is 3.73. The van der Waals surface area contributed by atoms with Crippen LogP contribution in [0, 0.1) is 5.92 Å². The van der Waals surface area contributed by atoms with E-state index in [1.54, 1.807) is 12.3 Å². The molecule has 0 atom stereocenters. The van der Waals surface area contributed by atoms with Crippen LogP contribution in [0.15, 0.2) is 36.5 Å². The summed E-state index contributed by atoms with van der Waals surface area (Å²) in [6.07, 6.45) is 0.485. The second kappa shape index (κ2) is 10.5. The number of carbonyl (C=O) groups excluding carboxylic acids is 1. The first kappa shape index (κ1) is 23.6. The van der Waals surface area contributed by atoms with Gasteiger partial charge in [-0.15, -0.1) is 13.2 Å². The molecule has 1 heterocycles. The summed E-state index contributed by atoms with van der Waals surface area (Å²) < 4.78 is 41.6. The second-order valence-corrected chi connectivity index (χ2v) is 8.13. The van der Waals surface area contributed by atoms with Gasteiger partial charge in [0.1, 0.15) is 11.6 Å². The Kier molecular flexibility index (Phi) is 7.76. The monoisotopic (exact) mass is 451 g/mol. The number of alkyl halides is 3. The number of rotatable bonds is 8. The minimum Gasteiger partial charge on any atom is -0.405 e. The van der Waals surface area contributed by atoms with Gasteiger partial charge in [0.2, 0.25) is 11.9 Å². The zero-order chi connectivity index (χ0) is 23.1. The minimum atomic E-state index is -4.79. The molecule has 0 bridgehead atoms. The standard InChI is InChI=1S/C22H28F3N5O2/c1-30(2)19-11-12-26-21(29-19)28-17-9-7-15(8-10-17)14-27-20(31)13-16-5-3-4-6-18(16)32-22(23,24)25/h3-6,11-12,15,17H,7-10,13-14H2,1-2H3,(H,27,31)(H,26,28,29). The summed E-state index contributed by atoms with van der Waals surface area (Å²) in [5.74, 6) is 1.10. The molecule has 174 valence electrons. The van der Waals surface area contributed by atoms with E-state index in [-0.39, 0.29) is 29.7 Å². The fourth-order valence-electron chi connectivity index (χ4n) is 3.73. The predicted molar refractivity (Wildman–Crippen MR) is 116 cm³/mol. The van der Waals surface area contributed by atoms with E-state index in [2.05, 4.69) is 25.3 Å². The molecule has 1 aromatic heterocycles.